The fraction of sp³-hybridized carbons (Fsp3) is 0.632. The fourth-order valence-electron chi connectivity index (χ4n) is 5.00. The number of nitrogens with one attached hydrogen (secondary N) is 1. The van der Waals surface area contributed by atoms with Gasteiger partial charge in [0, 0.05) is 18.7 Å². The fourth-order valence-corrected chi connectivity index (χ4v) is 6.95. The minimum Gasteiger partial charge on any atom is -0.377 e. The number of nitrogens with zero attached hydrogens (tertiary/aromatic N) is 4. The van der Waals surface area contributed by atoms with Gasteiger partial charge in [0.1, 0.15) is 5.82 Å². The van der Waals surface area contributed by atoms with Crippen LogP contribution in [0.25, 0.3) is 16.8 Å². The molecule has 0 amide bonds. The molecule has 3 aromatic rings. The lowest BCUT2D eigenvalue weighted by Crippen LogP contribution is -2.25. The van der Waals surface area contributed by atoms with Crippen LogP contribution in [0.4, 0.5) is 0 Å². The summed E-state index contributed by atoms with van der Waals surface area (Å²) in [6.07, 6.45) is 7.00. The van der Waals surface area contributed by atoms with Crippen LogP contribution in [0, 0.1) is 11.8 Å². The summed E-state index contributed by atoms with van der Waals surface area (Å²) in [4.78, 5) is 7.50. The van der Waals surface area contributed by atoms with Crippen LogP contribution in [-0.2, 0) is 14.6 Å². The molecule has 0 radical (unpaired) electrons. The molecule has 4 atom stereocenters. The van der Waals surface area contributed by atoms with Crippen LogP contribution < -0.4 is 0 Å². The molecule has 2 aliphatic rings. The van der Waals surface area contributed by atoms with Gasteiger partial charge in [-0.25, -0.2) is 13.4 Å². The molecule has 0 spiro atoms. The van der Waals surface area contributed by atoms with Crippen molar-refractivity contribution in [1.82, 2.24) is 24.6 Å². The van der Waals surface area contributed by atoms with Gasteiger partial charge in [-0.2, -0.15) is 0 Å². The van der Waals surface area contributed by atoms with Gasteiger partial charge in [0.25, 0.3) is 0 Å². The predicted molar refractivity (Wildman–Crippen MR) is 105 cm³/mol. The van der Waals surface area contributed by atoms with E-state index in [0.717, 1.165) is 48.3 Å². The number of ether oxygens (including phenoxy) is 1. The normalized spacial score (nSPS) is 28.6. The van der Waals surface area contributed by atoms with Gasteiger partial charge in [0.05, 0.1) is 29.3 Å². The third-order valence-corrected chi connectivity index (χ3v) is 8.09. The first-order valence-electron chi connectivity index (χ1n) is 9.99. The number of hydrogen-bond donors (Lipinski definition) is 1. The summed E-state index contributed by atoms with van der Waals surface area (Å²) in [5.41, 5.74) is 2.48. The van der Waals surface area contributed by atoms with Gasteiger partial charge < -0.3 is 9.72 Å². The highest BCUT2D eigenvalue weighted by atomic mass is 32.2. The van der Waals surface area contributed by atoms with E-state index in [1.807, 2.05) is 12.3 Å². The summed E-state index contributed by atoms with van der Waals surface area (Å²) in [5, 5.41) is 8.76. The maximum Gasteiger partial charge on any atom is 0.179 e. The summed E-state index contributed by atoms with van der Waals surface area (Å²) in [7, 11) is -3.12. The first-order chi connectivity index (χ1) is 13.5. The maximum atomic E-state index is 12.7. The van der Waals surface area contributed by atoms with Crippen LogP contribution in [0.5, 0.6) is 0 Å². The van der Waals surface area contributed by atoms with Crippen molar-refractivity contribution in [1.29, 1.82) is 0 Å². The molecule has 2 fully saturated rings. The van der Waals surface area contributed by atoms with Gasteiger partial charge in [-0.05, 0) is 43.6 Å². The molecule has 1 N–H and O–H groups in total. The number of H-pyrrole nitrogens is 1. The van der Waals surface area contributed by atoms with Gasteiger partial charge in [-0.1, -0.05) is 6.92 Å². The molecular formula is C19H25N5O3S. The maximum absolute atomic E-state index is 12.7. The lowest BCUT2D eigenvalue weighted by atomic mass is 9.97. The molecular weight excluding hydrogens is 378 g/mol. The molecule has 5 rings (SSSR count). The van der Waals surface area contributed by atoms with Crippen molar-refractivity contribution in [2.24, 2.45) is 11.8 Å². The number of sulfone groups is 1. The van der Waals surface area contributed by atoms with Crippen LogP contribution in [-0.4, -0.2) is 57.2 Å². The zero-order valence-corrected chi connectivity index (χ0v) is 16.7. The predicted octanol–water partition coefficient (Wildman–Crippen LogP) is 2.33. The molecule has 1 aliphatic heterocycles. The van der Waals surface area contributed by atoms with Crippen LogP contribution in [0.3, 0.4) is 0 Å². The molecule has 0 bridgehead atoms. The molecule has 1 unspecified atom stereocenters. The highest BCUT2D eigenvalue weighted by Crippen LogP contribution is 2.43. The Bertz CT molecular complexity index is 1100. The lowest BCUT2D eigenvalue weighted by Gasteiger charge is -2.14. The molecule has 4 heterocycles. The third-order valence-electron chi connectivity index (χ3n) is 6.23. The monoisotopic (exact) mass is 403 g/mol. The van der Waals surface area contributed by atoms with Gasteiger partial charge in [-0.3, -0.25) is 4.40 Å². The van der Waals surface area contributed by atoms with Crippen molar-refractivity contribution in [3.8, 4) is 0 Å². The van der Waals surface area contributed by atoms with E-state index in [-0.39, 0.29) is 29.4 Å². The Kier molecular flexibility index (Phi) is 4.39. The minimum absolute atomic E-state index is 0.116. The Morgan fingerprint density at radius 3 is 3.00 bits per heavy atom. The molecule has 150 valence electrons. The SMILES string of the molecule is C[C@@H]1C[C@H](CS(=O)(=O)CC2CCCO2)C[C@@H]1c1nnc2cnc3[nH]ccc3n12. The molecule has 9 heteroatoms. The Labute approximate surface area is 163 Å². The van der Waals surface area contributed by atoms with Crippen molar-refractivity contribution in [2.45, 2.75) is 44.6 Å². The average molecular weight is 404 g/mol. The Morgan fingerprint density at radius 2 is 2.18 bits per heavy atom. The first kappa shape index (κ1) is 18.1. The van der Waals surface area contributed by atoms with Crippen LogP contribution in [0.1, 0.15) is 44.3 Å². The molecule has 1 saturated heterocycles. The van der Waals surface area contributed by atoms with E-state index in [9.17, 15) is 8.42 Å². The topological polar surface area (TPSA) is 102 Å². The van der Waals surface area contributed by atoms with Crippen molar-refractivity contribution in [3.05, 3.63) is 24.3 Å². The molecule has 8 nitrogen and oxygen atoms in total. The van der Waals surface area contributed by atoms with E-state index < -0.39 is 9.84 Å². The van der Waals surface area contributed by atoms with Crippen molar-refractivity contribution < 1.29 is 13.2 Å². The van der Waals surface area contributed by atoms with Gasteiger partial charge in [0.15, 0.2) is 21.1 Å². The van der Waals surface area contributed by atoms with Crippen molar-refractivity contribution in [2.75, 3.05) is 18.1 Å². The van der Waals surface area contributed by atoms with Crippen LogP contribution in [0.2, 0.25) is 0 Å². The van der Waals surface area contributed by atoms with E-state index in [2.05, 4.69) is 31.5 Å². The first-order valence-corrected chi connectivity index (χ1v) is 11.8. The minimum atomic E-state index is -3.12. The summed E-state index contributed by atoms with van der Waals surface area (Å²) >= 11 is 0. The summed E-state index contributed by atoms with van der Waals surface area (Å²) in [5.74, 6) is 2.02. The number of hydrogen-bond acceptors (Lipinski definition) is 6. The van der Waals surface area contributed by atoms with E-state index in [4.69, 9.17) is 4.74 Å². The molecule has 0 aromatic carbocycles. The smallest absolute Gasteiger partial charge is 0.179 e. The lowest BCUT2D eigenvalue weighted by molar-refractivity contribution is 0.127. The average Bonchev–Trinajstić information content (AvgIpc) is 3.39. The van der Waals surface area contributed by atoms with Crippen molar-refractivity contribution >= 4 is 26.6 Å². The molecule has 28 heavy (non-hydrogen) atoms. The van der Waals surface area contributed by atoms with Gasteiger partial charge in [0.2, 0.25) is 0 Å². The van der Waals surface area contributed by atoms with E-state index in [1.54, 1.807) is 6.20 Å². The quantitative estimate of drug-likeness (QED) is 0.701. The second-order valence-corrected chi connectivity index (χ2v) is 10.5. The Morgan fingerprint density at radius 1 is 1.29 bits per heavy atom. The largest absolute Gasteiger partial charge is 0.377 e. The highest BCUT2D eigenvalue weighted by Gasteiger charge is 2.38. The zero-order chi connectivity index (χ0) is 19.3. The second kappa shape index (κ2) is 6.81. The van der Waals surface area contributed by atoms with Gasteiger partial charge in [-0.15, -0.1) is 10.2 Å². The summed E-state index contributed by atoms with van der Waals surface area (Å²) in [6, 6.07) is 1.98. The van der Waals surface area contributed by atoms with E-state index in [0.29, 0.717) is 12.5 Å². The number of aromatic nitrogens is 5. The molecule has 1 aliphatic carbocycles. The Hall–Kier alpha value is -2.00. The summed E-state index contributed by atoms with van der Waals surface area (Å²) in [6.45, 7) is 2.87. The van der Waals surface area contributed by atoms with E-state index in [1.165, 1.54) is 0 Å². The standard InChI is InChI=1S/C19H25N5O3S/c1-12-7-13(10-28(25,26)11-14-3-2-6-27-14)8-15(12)19-23-22-17-9-21-18-16(24(17)19)4-5-20-18/h4-5,9,12-15,20H,2-3,6-8,10-11H2,1H3/t12-,13+,14?,15+/m1/s1. The number of aromatic amines is 1. The molecule has 1 saturated carbocycles. The van der Waals surface area contributed by atoms with Crippen LogP contribution in [0.15, 0.2) is 18.5 Å². The highest BCUT2D eigenvalue weighted by molar-refractivity contribution is 7.91. The third kappa shape index (κ3) is 3.20. The summed E-state index contributed by atoms with van der Waals surface area (Å²) < 4.78 is 32.9. The Balaban J connectivity index is 1.37. The van der Waals surface area contributed by atoms with Crippen LogP contribution >= 0.6 is 0 Å². The number of rotatable bonds is 5. The number of fused-ring (bicyclic) bond motifs is 3. The van der Waals surface area contributed by atoms with Gasteiger partial charge >= 0.3 is 0 Å². The molecule has 3 aromatic heterocycles. The second-order valence-electron chi connectivity index (χ2n) is 8.35. The van der Waals surface area contributed by atoms with Crippen molar-refractivity contribution in [3.63, 3.8) is 0 Å². The van der Waals surface area contributed by atoms with E-state index >= 15 is 0 Å². The zero-order valence-electron chi connectivity index (χ0n) is 15.9.